The van der Waals surface area contributed by atoms with Crippen LogP contribution in [0.3, 0.4) is 0 Å². The van der Waals surface area contributed by atoms with E-state index in [0.717, 1.165) is 39.4 Å². The van der Waals surface area contributed by atoms with E-state index in [0.29, 0.717) is 24.3 Å². The lowest BCUT2D eigenvalue weighted by molar-refractivity contribution is 0.310. The molecule has 3 aromatic heterocycles. The Morgan fingerprint density at radius 3 is 2.38 bits per heavy atom. The minimum Gasteiger partial charge on any atom is -0.295 e. The molecule has 3 aromatic carbocycles. The molecule has 37 heavy (non-hydrogen) atoms. The normalized spacial score (nSPS) is 11.7. The van der Waals surface area contributed by atoms with Gasteiger partial charge in [0.25, 0.3) is 5.56 Å². The second kappa shape index (κ2) is 9.15. The van der Waals surface area contributed by atoms with Gasteiger partial charge in [0.05, 0.1) is 28.8 Å². The Balaban J connectivity index is 1.38. The topological polar surface area (TPSA) is 73.2 Å². The van der Waals surface area contributed by atoms with E-state index in [2.05, 4.69) is 52.6 Å². The highest BCUT2D eigenvalue weighted by atomic mass is 16.1. The van der Waals surface area contributed by atoms with E-state index < -0.39 is 0 Å². The highest BCUT2D eigenvalue weighted by molar-refractivity contribution is 5.81. The van der Waals surface area contributed by atoms with Gasteiger partial charge in [-0.3, -0.25) is 18.7 Å². The molecule has 0 unspecified atom stereocenters. The zero-order valence-corrected chi connectivity index (χ0v) is 21.0. The standard InChI is InChI=1S/C29H27N7O/c1-20-14-15-25-24(16-20)28(37)34(3)29-31-30-26(36(25)29)19-33(2)17-22-18-35(23-12-8-5-9-13-23)32-27(22)21-10-6-4-7-11-21/h4-16,18H,17,19H2,1-3H3. The fourth-order valence-electron chi connectivity index (χ4n) is 4.83. The quantitative estimate of drug-likeness (QED) is 0.347. The summed E-state index contributed by atoms with van der Waals surface area (Å²) in [6.07, 6.45) is 2.10. The minimum atomic E-state index is -0.0701. The minimum absolute atomic E-state index is 0.0701. The van der Waals surface area contributed by atoms with Crippen LogP contribution in [-0.2, 0) is 20.1 Å². The van der Waals surface area contributed by atoms with Crippen molar-refractivity contribution in [3.8, 4) is 16.9 Å². The van der Waals surface area contributed by atoms with Gasteiger partial charge < -0.3 is 0 Å². The SMILES string of the molecule is Cc1ccc2c(c1)c(=O)n(C)c1nnc(CN(C)Cc3cn(-c4ccccc4)nc3-c3ccccc3)n21. The number of hydrogen-bond acceptors (Lipinski definition) is 5. The molecular weight excluding hydrogens is 462 g/mol. The predicted molar refractivity (Wildman–Crippen MR) is 145 cm³/mol. The van der Waals surface area contributed by atoms with Gasteiger partial charge in [0.1, 0.15) is 0 Å². The average Bonchev–Trinajstić information content (AvgIpc) is 3.53. The van der Waals surface area contributed by atoms with E-state index in [1.165, 1.54) is 0 Å². The second-order valence-corrected chi connectivity index (χ2v) is 9.46. The smallest absolute Gasteiger partial charge is 0.262 e. The van der Waals surface area contributed by atoms with Crippen molar-refractivity contribution in [2.75, 3.05) is 7.05 Å². The van der Waals surface area contributed by atoms with Crippen molar-refractivity contribution in [3.63, 3.8) is 0 Å². The molecule has 3 heterocycles. The van der Waals surface area contributed by atoms with Crippen molar-refractivity contribution in [1.82, 2.24) is 33.8 Å². The van der Waals surface area contributed by atoms with Crippen LogP contribution >= 0.6 is 0 Å². The molecule has 0 atom stereocenters. The van der Waals surface area contributed by atoms with Crippen LogP contribution in [0.5, 0.6) is 0 Å². The first kappa shape index (κ1) is 22.9. The number of para-hydroxylation sites is 1. The van der Waals surface area contributed by atoms with Crippen molar-refractivity contribution >= 4 is 16.7 Å². The molecule has 0 aliphatic heterocycles. The van der Waals surface area contributed by atoms with Gasteiger partial charge in [-0.1, -0.05) is 60.2 Å². The van der Waals surface area contributed by atoms with E-state index in [4.69, 9.17) is 5.10 Å². The number of fused-ring (bicyclic) bond motifs is 3. The van der Waals surface area contributed by atoms with Crippen LogP contribution in [-0.4, -0.2) is 40.9 Å². The van der Waals surface area contributed by atoms with Gasteiger partial charge in [-0.15, -0.1) is 10.2 Å². The van der Waals surface area contributed by atoms with Crippen molar-refractivity contribution in [2.45, 2.75) is 20.0 Å². The van der Waals surface area contributed by atoms with E-state index in [1.807, 2.05) is 70.6 Å². The fraction of sp³-hybridized carbons (Fsp3) is 0.172. The zero-order valence-electron chi connectivity index (χ0n) is 21.0. The molecular formula is C29H27N7O. The fourth-order valence-corrected chi connectivity index (χ4v) is 4.83. The van der Waals surface area contributed by atoms with Crippen molar-refractivity contribution in [3.05, 3.63) is 112 Å². The lowest BCUT2D eigenvalue weighted by atomic mass is 10.1. The Labute approximate surface area is 214 Å². The molecule has 8 heteroatoms. The summed E-state index contributed by atoms with van der Waals surface area (Å²) < 4.78 is 5.48. The Kier molecular flexibility index (Phi) is 5.65. The highest BCUT2D eigenvalue weighted by Crippen LogP contribution is 2.25. The summed E-state index contributed by atoms with van der Waals surface area (Å²) in [5.41, 5.74) is 5.94. The molecule has 0 N–H and O–H groups in total. The number of benzene rings is 3. The monoisotopic (exact) mass is 489 g/mol. The molecule has 184 valence electrons. The number of hydrogen-bond donors (Lipinski definition) is 0. The zero-order chi connectivity index (χ0) is 25.5. The van der Waals surface area contributed by atoms with Gasteiger partial charge in [-0.05, 0) is 38.2 Å². The Morgan fingerprint density at radius 1 is 0.892 bits per heavy atom. The largest absolute Gasteiger partial charge is 0.295 e. The maximum Gasteiger partial charge on any atom is 0.262 e. The van der Waals surface area contributed by atoms with Crippen LogP contribution in [0, 0.1) is 6.92 Å². The molecule has 0 saturated heterocycles. The Hall–Kier alpha value is -4.56. The van der Waals surface area contributed by atoms with Crippen LogP contribution in [0.25, 0.3) is 33.6 Å². The number of nitrogens with zero attached hydrogens (tertiary/aromatic N) is 7. The summed E-state index contributed by atoms with van der Waals surface area (Å²) in [6.45, 7) is 3.20. The molecule has 0 fully saturated rings. The third-order valence-corrected chi connectivity index (χ3v) is 6.65. The third-order valence-electron chi connectivity index (χ3n) is 6.65. The van der Waals surface area contributed by atoms with Gasteiger partial charge in [-0.2, -0.15) is 5.10 Å². The predicted octanol–water partition coefficient (Wildman–Crippen LogP) is 4.37. The van der Waals surface area contributed by atoms with E-state index in [1.54, 1.807) is 11.6 Å². The second-order valence-electron chi connectivity index (χ2n) is 9.46. The maximum atomic E-state index is 12.9. The summed E-state index contributed by atoms with van der Waals surface area (Å²) in [5.74, 6) is 1.31. The summed E-state index contributed by atoms with van der Waals surface area (Å²) >= 11 is 0. The molecule has 0 saturated carbocycles. The van der Waals surface area contributed by atoms with Crippen LogP contribution in [0.2, 0.25) is 0 Å². The summed E-state index contributed by atoms with van der Waals surface area (Å²) in [6, 6.07) is 26.3. The molecule has 0 aliphatic carbocycles. The van der Waals surface area contributed by atoms with Crippen LogP contribution < -0.4 is 5.56 Å². The average molecular weight is 490 g/mol. The van der Waals surface area contributed by atoms with E-state index >= 15 is 0 Å². The lowest BCUT2D eigenvalue weighted by Gasteiger charge is -2.16. The lowest BCUT2D eigenvalue weighted by Crippen LogP contribution is -2.22. The van der Waals surface area contributed by atoms with Crippen LogP contribution in [0.4, 0.5) is 0 Å². The number of aryl methyl sites for hydroxylation is 2. The van der Waals surface area contributed by atoms with E-state index in [-0.39, 0.29) is 5.56 Å². The van der Waals surface area contributed by atoms with E-state index in [9.17, 15) is 4.79 Å². The molecule has 0 amide bonds. The molecule has 0 aliphatic rings. The van der Waals surface area contributed by atoms with Crippen molar-refractivity contribution in [2.24, 2.45) is 7.05 Å². The van der Waals surface area contributed by atoms with Gasteiger partial charge in [0.15, 0.2) is 5.82 Å². The molecule has 6 rings (SSSR count). The molecule has 0 bridgehead atoms. The van der Waals surface area contributed by atoms with Crippen LogP contribution in [0.1, 0.15) is 17.0 Å². The maximum absolute atomic E-state index is 12.9. The first-order chi connectivity index (χ1) is 18.0. The van der Waals surface area contributed by atoms with Crippen LogP contribution in [0.15, 0.2) is 89.9 Å². The molecule has 0 spiro atoms. The molecule has 8 nitrogen and oxygen atoms in total. The first-order valence-electron chi connectivity index (χ1n) is 12.2. The molecule has 6 aromatic rings. The number of aromatic nitrogens is 6. The molecule has 0 radical (unpaired) electrons. The summed E-state index contributed by atoms with van der Waals surface area (Å²) in [5, 5.41) is 14.4. The van der Waals surface area contributed by atoms with Crippen molar-refractivity contribution in [1.29, 1.82) is 0 Å². The number of rotatable bonds is 6. The van der Waals surface area contributed by atoms with Gasteiger partial charge >= 0.3 is 0 Å². The Bertz CT molecular complexity index is 1780. The van der Waals surface area contributed by atoms with Gasteiger partial charge in [0.2, 0.25) is 5.78 Å². The highest BCUT2D eigenvalue weighted by Gasteiger charge is 2.18. The summed E-state index contributed by atoms with van der Waals surface area (Å²) in [4.78, 5) is 15.1. The van der Waals surface area contributed by atoms with Gasteiger partial charge in [0, 0.05) is 30.9 Å². The van der Waals surface area contributed by atoms with Gasteiger partial charge in [-0.25, -0.2) is 4.68 Å². The van der Waals surface area contributed by atoms with Crippen molar-refractivity contribution < 1.29 is 0 Å². The Morgan fingerprint density at radius 2 is 1.62 bits per heavy atom. The first-order valence-corrected chi connectivity index (χ1v) is 12.2. The third kappa shape index (κ3) is 4.11. The summed E-state index contributed by atoms with van der Waals surface area (Å²) in [7, 11) is 3.80.